The van der Waals surface area contributed by atoms with E-state index in [1.54, 1.807) is 22.8 Å². The number of benzene rings is 1. The standard InChI is InChI=1S/C13H11Cl2N5/c1-7(2)12-18-19-13-17-11(6-16-20(12)13)8-3-4-9(14)10(15)5-8/h3-7H,1-2H3. The van der Waals surface area contributed by atoms with Gasteiger partial charge in [0.2, 0.25) is 0 Å². The van der Waals surface area contributed by atoms with Gasteiger partial charge in [0.05, 0.1) is 21.9 Å². The van der Waals surface area contributed by atoms with Crippen LogP contribution in [0, 0.1) is 0 Å². The number of hydrogen-bond acceptors (Lipinski definition) is 4. The molecule has 2 heterocycles. The van der Waals surface area contributed by atoms with Crippen molar-refractivity contribution >= 4 is 29.0 Å². The second kappa shape index (κ2) is 5.00. The highest BCUT2D eigenvalue weighted by Crippen LogP contribution is 2.27. The van der Waals surface area contributed by atoms with Crippen LogP contribution in [0.5, 0.6) is 0 Å². The Morgan fingerprint density at radius 3 is 2.60 bits per heavy atom. The first-order chi connectivity index (χ1) is 9.56. The molecule has 0 aliphatic rings. The van der Waals surface area contributed by atoms with Gasteiger partial charge in [-0.25, -0.2) is 4.98 Å². The summed E-state index contributed by atoms with van der Waals surface area (Å²) in [5, 5.41) is 13.5. The van der Waals surface area contributed by atoms with Gasteiger partial charge in [0, 0.05) is 11.5 Å². The number of rotatable bonds is 2. The highest BCUT2D eigenvalue weighted by molar-refractivity contribution is 6.42. The molecule has 0 spiro atoms. The monoisotopic (exact) mass is 307 g/mol. The molecule has 0 amide bonds. The summed E-state index contributed by atoms with van der Waals surface area (Å²) in [5.74, 6) is 1.49. The molecule has 0 aliphatic carbocycles. The Bertz CT molecular complexity index is 782. The summed E-state index contributed by atoms with van der Waals surface area (Å²) in [6.07, 6.45) is 1.67. The molecule has 0 unspecified atom stereocenters. The topological polar surface area (TPSA) is 56.0 Å². The van der Waals surface area contributed by atoms with E-state index in [1.165, 1.54) is 0 Å². The molecule has 20 heavy (non-hydrogen) atoms. The molecule has 7 heteroatoms. The van der Waals surface area contributed by atoms with E-state index in [-0.39, 0.29) is 5.92 Å². The van der Waals surface area contributed by atoms with E-state index in [2.05, 4.69) is 20.3 Å². The van der Waals surface area contributed by atoms with Crippen LogP contribution in [-0.2, 0) is 0 Å². The SMILES string of the molecule is CC(C)c1nnc2nc(-c3ccc(Cl)c(Cl)c3)cnn12. The van der Waals surface area contributed by atoms with Gasteiger partial charge in [0.15, 0.2) is 5.82 Å². The first-order valence-corrected chi connectivity index (χ1v) is 6.85. The van der Waals surface area contributed by atoms with Crippen LogP contribution in [0.1, 0.15) is 25.6 Å². The van der Waals surface area contributed by atoms with Crippen LogP contribution in [0.4, 0.5) is 0 Å². The van der Waals surface area contributed by atoms with Gasteiger partial charge in [-0.15, -0.1) is 10.2 Å². The fourth-order valence-electron chi connectivity index (χ4n) is 1.87. The van der Waals surface area contributed by atoms with Crippen LogP contribution in [0.15, 0.2) is 24.4 Å². The highest BCUT2D eigenvalue weighted by atomic mass is 35.5. The zero-order valence-corrected chi connectivity index (χ0v) is 12.4. The van der Waals surface area contributed by atoms with Crippen molar-refractivity contribution < 1.29 is 0 Å². The summed E-state index contributed by atoms with van der Waals surface area (Å²) < 4.78 is 1.64. The van der Waals surface area contributed by atoms with Gasteiger partial charge in [-0.05, 0) is 12.1 Å². The minimum atomic E-state index is 0.232. The van der Waals surface area contributed by atoms with E-state index in [1.807, 2.05) is 19.9 Å². The van der Waals surface area contributed by atoms with Gasteiger partial charge in [0.1, 0.15) is 0 Å². The van der Waals surface area contributed by atoms with E-state index in [0.717, 1.165) is 11.4 Å². The largest absolute Gasteiger partial charge is 0.272 e. The van der Waals surface area contributed by atoms with Crippen molar-refractivity contribution in [1.82, 2.24) is 24.8 Å². The zero-order valence-electron chi connectivity index (χ0n) is 10.9. The molecule has 0 atom stereocenters. The third-order valence-corrected chi connectivity index (χ3v) is 3.64. The number of fused-ring (bicyclic) bond motifs is 1. The lowest BCUT2D eigenvalue weighted by molar-refractivity contribution is 0.717. The molecule has 5 nitrogen and oxygen atoms in total. The second-order valence-corrected chi connectivity index (χ2v) is 5.51. The van der Waals surface area contributed by atoms with Gasteiger partial charge in [0.25, 0.3) is 5.78 Å². The summed E-state index contributed by atoms with van der Waals surface area (Å²) in [5.41, 5.74) is 1.52. The predicted molar refractivity (Wildman–Crippen MR) is 78.1 cm³/mol. The normalized spacial score (nSPS) is 11.4. The third-order valence-electron chi connectivity index (χ3n) is 2.90. The molecular formula is C13H11Cl2N5. The Balaban J connectivity index is 2.11. The Labute approximate surface area is 125 Å². The van der Waals surface area contributed by atoms with E-state index in [9.17, 15) is 0 Å². The van der Waals surface area contributed by atoms with Crippen LogP contribution in [0.2, 0.25) is 10.0 Å². The maximum Gasteiger partial charge on any atom is 0.272 e. The van der Waals surface area contributed by atoms with Gasteiger partial charge >= 0.3 is 0 Å². The minimum Gasteiger partial charge on any atom is -0.208 e. The fourth-order valence-corrected chi connectivity index (χ4v) is 2.17. The zero-order chi connectivity index (χ0) is 14.3. The van der Waals surface area contributed by atoms with Crippen LogP contribution in [0.25, 0.3) is 17.0 Å². The molecule has 2 aromatic heterocycles. The van der Waals surface area contributed by atoms with Gasteiger partial charge < -0.3 is 0 Å². The first-order valence-electron chi connectivity index (χ1n) is 6.10. The number of halogens is 2. The minimum absolute atomic E-state index is 0.232. The van der Waals surface area contributed by atoms with Gasteiger partial charge in [-0.3, -0.25) is 0 Å². The second-order valence-electron chi connectivity index (χ2n) is 4.70. The van der Waals surface area contributed by atoms with E-state index in [4.69, 9.17) is 23.2 Å². The Kier molecular flexibility index (Phi) is 3.31. The lowest BCUT2D eigenvalue weighted by Crippen LogP contribution is -2.02. The van der Waals surface area contributed by atoms with Crippen molar-refractivity contribution in [3.63, 3.8) is 0 Å². The fraction of sp³-hybridized carbons (Fsp3) is 0.231. The van der Waals surface area contributed by atoms with E-state index < -0.39 is 0 Å². The van der Waals surface area contributed by atoms with Crippen LogP contribution < -0.4 is 0 Å². The summed E-state index contributed by atoms with van der Waals surface area (Å²) in [7, 11) is 0. The summed E-state index contributed by atoms with van der Waals surface area (Å²) >= 11 is 11.9. The molecule has 0 saturated carbocycles. The first kappa shape index (κ1) is 13.3. The summed E-state index contributed by atoms with van der Waals surface area (Å²) in [4.78, 5) is 4.44. The van der Waals surface area contributed by atoms with E-state index in [0.29, 0.717) is 21.5 Å². The molecule has 3 rings (SSSR count). The van der Waals surface area contributed by atoms with Crippen molar-refractivity contribution in [2.45, 2.75) is 19.8 Å². The van der Waals surface area contributed by atoms with Gasteiger partial charge in [-0.1, -0.05) is 43.1 Å². The lowest BCUT2D eigenvalue weighted by atomic mass is 10.2. The Morgan fingerprint density at radius 1 is 1.10 bits per heavy atom. The van der Waals surface area contributed by atoms with Crippen LogP contribution in [-0.4, -0.2) is 24.8 Å². The molecule has 0 fully saturated rings. The molecule has 0 aliphatic heterocycles. The maximum atomic E-state index is 6.01. The van der Waals surface area contributed by atoms with Crippen LogP contribution >= 0.6 is 23.2 Å². The summed E-state index contributed by atoms with van der Waals surface area (Å²) in [6, 6.07) is 5.33. The Morgan fingerprint density at radius 2 is 1.90 bits per heavy atom. The quantitative estimate of drug-likeness (QED) is 0.725. The molecule has 102 valence electrons. The molecule has 0 N–H and O–H groups in total. The summed E-state index contributed by atoms with van der Waals surface area (Å²) in [6.45, 7) is 4.07. The van der Waals surface area contributed by atoms with Crippen LogP contribution in [0.3, 0.4) is 0 Å². The highest BCUT2D eigenvalue weighted by Gasteiger charge is 2.12. The van der Waals surface area contributed by atoms with Crippen molar-refractivity contribution in [3.8, 4) is 11.3 Å². The third kappa shape index (κ3) is 2.23. The molecule has 0 bridgehead atoms. The number of aromatic nitrogens is 5. The lowest BCUT2D eigenvalue weighted by Gasteiger charge is -2.04. The Hall–Kier alpha value is -1.72. The predicted octanol–water partition coefficient (Wildman–Crippen LogP) is 3.62. The average Bonchev–Trinajstić information content (AvgIpc) is 2.85. The molecule has 0 saturated heterocycles. The van der Waals surface area contributed by atoms with Crippen molar-refractivity contribution in [2.75, 3.05) is 0 Å². The van der Waals surface area contributed by atoms with Crippen molar-refractivity contribution in [1.29, 1.82) is 0 Å². The smallest absolute Gasteiger partial charge is 0.208 e. The average molecular weight is 308 g/mol. The maximum absolute atomic E-state index is 6.01. The molecule has 3 aromatic rings. The van der Waals surface area contributed by atoms with Crippen molar-refractivity contribution in [3.05, 3.63) is 40.3 Å². The van der Waals surface area contributed by atoms with E-state index >= 15 is 0 Å². The molecular weight excluding hydrogens is 297 g/mol. The molecule has 1 aromatic carbocycles. The van der Waals surface area contributed by atoms with Gasteiger partial charge in [-0.2, -0.15) is 9.61 Å². The number of hydrogen-bond donors (Lipinski definition) is 0. The molecule has 0 radical (unpaired) electrons. The van der Waals surface area contributed by atoms with Crippen molar-refractivity contribution in [2.24, 2.45) is 0 Å². The number of nitrogens with zero attached hydrogens (tertiary/aromatic N) is 5.